The third-order valence-electron chi connectivity index (χ3n) is 4.69. The first kappa shape index (κ1) is 18.5. The normalized spacial score (nSPS) is 14.2. The fourth-order valence-electron chi connectivity index (χ4n) is 3.11. The molecule has 1 N–H and O–H groups in total. The van der Waals surface area contributed by atoms with E-state index in [0.29, 0.717) is 10.6 Å². The Morgan fingerprint density at radius 2 is 2.04 bits per heavy atom. The average Bonchev–Trinajstić information content (AvgIpc) is 2.64. The minimum absolute atomic E-state index is 0.0767. The van der Waals surface area contributed by atoms with Gasteiger partial charge in [-0.2, -0.15) is 5.26 Å². The predicted molar refractivity (Wildman–Crippen MR) is 105 cm³/mol. The smallest absolute Gasteiger partial charge is 0.237 e. The Morgan fingerprint density at radius 1 is 1.27 bits per heavy atom. The minimum Gasteiger partial charge on any atom is -0.325 e. The van der Waals surface area contributed by atoms with Gasteiger partial charge in [0.25, 0.3) is 0 Å². The summed E-state index contributed by atoms with van der Waals surface area (Å²) in [6, 6.07) is 10.2. The first-order chi connectivity index (χ1) is 12.5. The number of fused-ring (bicyclic) bond motifs is 1. The number of nitrogens with one attached hydrogen (secondary N) is 1. The summed E-state index contributed by atoms with van der Waals surface area (Å²) in [5, 5.41) is 12.8. The number of pyridine rings is 1. The van der Waals surface area contributed by atoms with Gasteiger partial charge in [0.2, 0.25) is 5.91 Å². The molecule has 2 aromatic rings. The first-order valence-electron chi connectivity index (χ1n) is 8.95. The van der Waals surface area contributed by atoms with Crippen LogP contribution in [0, 0.1) is 25.2 Å². The molecule has 0 fully saturated rings. The second-order valence-corrected chi connectivity index (χ2v) is 8.16. The number of carbonyl (C=O) groups excluding carboxylic acids is 1. The zero-order valence-electron chi connectivity index (χ0n) is 15.4. The molecule has 5 heteroatoms. The zero-order valence-corrected chi connectivity index (χ0v) is 16.2. The number of amides is 1. The number of carbonyl (C=O) groups is 1. The van der Waals surface area contributed by atoms with Gasteiger partial charge in [-0.3, -0.25) is 4.79 Å². The number of aryl methyl sites for hydroxylation is 4. The van der Waals surface area contributed by atoms with Crippen molar-refractivity contribution < 1.29 is 4.79 Å². The summed E-state index contributed by atoms with van der Waals surface area (Å²) in [6.45, 7) is 5.84. The van der Waals surface area contributed by atoms with Crippen LogP contribution in [0.5, 0.6) is 0 Å². The van der Waals surface area contributed by atoms with Crippen molar-refractivity contribution in [1.82, 2.24) is 4.98 Å². The largest absolute Gasteiger partial charge is 0.325 e. The Balaban J connectivity index is 1.77. The van der Waals surface area contributed by atoms with Crippen LogP contribution in [0.2, 0.25) is 0 Å². The predicted octanol–water partition coefficient (Wildman–Crippen LogP) is 4.57. The molecule has 0 saturated heterocycles. The van der Waals surface area contributed by atoms with Crippen LogP contribution in [0.3, 0.4) is 0 Å². The third-order valence-corrected chi connectivity index (χ3v) is 5.80. The Labute approximate surface area is 159 Å². The highest BCUT2D eigenvalue weighted by atomic mass is 32.2. The second kappa shape index (κ2) is 7.92. The fourth-order valence-corrected chi connectivity index (χ4v) is 4.01. The lowest BCUT2D eigenvalue weighted by Crippen LogP contribution is -2.23. The van der Waals surface area contributed by atoms with Gasteiger partial charge in [-0.1, -0.05) is 23.9 Å². The van der Waals surface area contributed by atoms with E-state index in [2.05, 4.69) is 11.4 Å². The van der Waals surface area contributed by atoms with Crippen molar-refractivity contribution in [2.24, 2.45) is 0 Å². The van der Waals surface area contributed by atoms with Crippen LogP contribution in [0.1, 0.15) is 47.7 Å². The van der Waals surface area contributed by atoms with Gasteiger partial charge in [-0.15, -0.1) is 0 Å². The number of thioether (sulfide) groups is 1. The standard InChI is InChI=1S/C21H23N3OS/c1-13-8-9-14(2)19(10-13)23-20(25)15(3)26-21-17(12-22)11-16-6-4-5-7-18(16)24-21/h8-11,15H,4-7H2,1-3H3,(H,23,25)/t15-/m0/s1. The Bertz CT molecular complexity index is 886. The van der Waals surface area contributed by atoms with Gasteiger partial charge < -0.3 is 5.32 Å². The summed E-state index contributed by atoms with van der Waals surface area (Å²) in [5.41, 5.74) is 5.81. The van der Waals surface area contributed by atoms with Gasteiger partial charge in [-0.05, 0) is 75.3 Å². The second-order valence-electron chi connectivity index (χ2n) is 6.83. The molecule has 4 nitrogen and oxygen atoms in total. The summed E-state index contributed by atoms with van der Waals surface area (Å²) in [7, 11) is 0. The van der Waals surface area contributed by atoms with Crippen molar-refractivity contribution in [3.63, 3.8) is 0 Å². The number of hydrogen-bond donors (Lipinski definition) is 1. The molecule has 3 rings (SSSR count). The maximum atomic E-state index is 12.6. The molecule has 134 valence electrons. The number of benzene rings is 1. The van der Waals surface area contributed by atoms with E-state index in [0.717, 1.165) is 48.2 Å². The summed E-state index contributed by atoms with van der Waals surface area (Å²) < 4.78 is 0. The molecule has 26 heavy (non-hydrogen) atoms. The molecule has 0 spiro atoms. The number of nitrogens with zero attached hydrogens (tertiary/aromatic N) is 2. The van der Waals surface area contributed by atoms with Crippen LogP contribution in [0.25, 0.3) is 0 Å². The van der Waals surface area contributed by atoms with Crippen molar-refractivity contribution in [2.75, 3.05) is 5.32 Å². The van der Waals surface area contributed by atoms with Crippen molar-refractivity contribution >= 4 is 23.4 Å². The number of aromatic nitrogens is 1. The van der Waals surface area contributed by atoms with E-state index in [1.807, 2.05) is 45.0 Å². The molecule has 0 radical (unpaired) electrons. The lowest BCUT2D eigenvalue weighted by Gasteiger charge is -2.18. The van der Waals surface area contributed by atoms with Crippen LogP contribution in [-0.4, -0.2) is 16.1 Å². The van der Waals surface area contributed by atoms with Gasteiger partial charge in [0, 0.05) is 11.4 Å². The molecule has 0 saturated carbocycles. The molecule has 1 atom stereocenters. The molecule has 1 amide bonds. The van der Waals surface area contributed by atoms with E-state index >= 15 is 0 Å². The van der Waals surface area contributed by atoms with Crippen LogP contribution in [-0.2, 0) is 17.6 Å². The van der Waals surface area contributed by atoms with Gasteiger partial charge >= 0.3 is 0 Å². The molecule has 1 aromatic carbocycles. The molecule has 1 aromatic heterocycles. The van der Waals surface area contributed by atoms with E-state index < -0.39 is 0 Å². The monoisotopic (exact) mass is 365 g/mol. The molecule has 0 unspecified atom stereocenters. The van der Waals surface area contributed by atoms with E-state index in [1.165, 1.54) is 17.3 Å². The molecule has 1 aliphatic carbocycles. The topological polar surface area (TPSA) is 65.8 Å². The maximum absolute atomic E-state index is 12.6. The zero-order chi connectivity index (χ0) is 18.7. The quantitative estimate of drug-likeness (QED) is 0.806. The summed E-state index contributed by atoms with van der Waals surface area (Å²) in [5.74, 6) is -0.0767. The van der Waals surface area contributed by atoms with Crippen molar-refractivity contribution in [3.8, 4) is 6.07 Å². The van der Waals surface area contributed by atoms with Gasteiger partial charge in [-0.25, -0.2) is 4.98 Å². The summed E-state index contributed by atoms with van der Waals surface area (Å²) in [6.07, 6.45) is 4.24. The van der Waals surface area contributed by atoms with Crippen molar-refractivity contribution in [2.45, 2.75) is 56.7 Å². The Kier molecular flexibility index (Phi) is 5.63. The van der Waals surface area contributed by atoms with Gasteiger partial charge in [0.15, 0.2) is 0 Å². The number of nitriles is 1. The van der Waals surface area contributed by atoms with Gasteiger partial charge in [0.05, 0.1) is 10.8 Å². The SMILES string of the molecule is Cc1ccc(C)c(NC(=O)[C@H](C)Sc2nc3c(cc2C#N)CCCC3)c1. The van der Waals surface area contributed by atoms with Gasteiger partial charge in [0.1, 0.15) is 11.1 Å². The van der Waals surface area contributed by atoms with E-state index in [-0.39, 0.29) is 11.2 Å². The number of anilines is 1. The van der Waals surface area contributed by atoms with E-state index in [4.69, 9.17) is 4.98 Å². The minimum atomic E-state index is -0.337. The van der Waals surface area contributed by atoms with E-state index in [1.54, 1.807) is 0 Å². The highest BCUT2D eigenvalue weighted by Crippen LogP contribution is 2.30. The number of rotatable bonds is 4. The Hall–Kier alpha value is -2.32. The van der Waals surface area contributed by atoms with Crippen LogP contribution < -0.4 is 5.32 Å². The summed E-state index contributed by atoms with van der Waals surface area (Å²) >= 11 is 1.36. The lowest BCUT2D eigenvalue weighted by atomic mass is 9.95. The highest BCUT2D eigenvalue weighted by molar-refractivity contribution is 8.00. The molecular formula is C21H23N3OS. The molecule has 1 aliphatic rings. The fraction of sp³-hybridized carbons (Fsp3) is 0.381. The molecule has 0 bridgehead atoms. The lowest BCUT2D eigenvalue weighted by molar-refractivity contribution is -0.115. The van der Waals surface area contributed by atoms with E-state index in [9.17, 15) is 10.1 Å². The summed E-state index contributed by atoms with van der Waals surface area (Å²) in [4.78, 5) is 17.3. The third kappa shape index (κ3) is 4.08. The van der Waals surface area contributed by atoms with Crippen LogP contribution >= 0.6 is 11.8 Å². The maximum Gasteiger partial charge on any atom is 0.237 e. The number of hydrogen-bond acceptors (Lipinski definition) is 4. The Morgan fingerprint density at radius 3 is 2.81 bits per heavy atom. The average molecular weight is 366 g/mol. The molecule has 1 heterocycles. The molecule has 0 aliphatic heterocycles. The van der Waals surface area contributed by atoms with Crippen molar-refractivity contribution in [3.05, 3.63) is 52.2 Å². The highest BCUT2D eigenvalue weighted by Gasteiger charge is 2.21. The van der Waals surface area contributed by atoms with Crippen LogP contribution in [0.15, 0.2) is 29.3 Å². The van der Waals surface area contributed by atoms with Crippen molar-refractivity contribution in [1.29, 1.82) is 5.26 Å². The van der Waals surface area contributed by atoms with Crippen LogP contribution in [0.4, 0.5) is 5.69 Å². The first-order valence-corrected chi connectivity index (χ1v) is 9.83. The molecular weight excluding hydrogens is 342 g/mol.